The summed E-state index contributed by atoms with van der Waals surface area (Å²) in [7, 11) is 1.61. The number of benzene rings is 1. The van der Waals surface area contributed by atoms with Crippen LogP contribution in [0.3, 0.4) is 0 Å². The summed E-state index contributed by atoms with van der Waals surface area (Å²) < 4.78 is 15.5. The summed E-state index contributed by atoms with van der Waals surface area (Å²) in [5.41, 5.74) is 3.42. The average molecular weight is 359 g/mol. The first kappa shape index (κ1) is 19.7. The molecule has 6 heteroatoms. The van der Waals surface area contributed by atoms with Crippen molar-refractivity contribution in [2.75, 3.05) is 13.7 Å². The summed E-state index contributed by atoms with van der Waals surface area (Å²) in [4.78, 5) is 24.5. The Labute approximate surface area is 153 Å². The smallest absolute Gasteiger partial charge is 0.434 e. The predicted octanol–water partition coefficient (Wildman–Crippen LogP) is 3.63. The predicted molar refractivity (Wildman–Crippen MR) is 98.3 cm³/mol. The van der Waals surface area contributed by atoms with Crippen LogP contribution in [-0.2, 0) is 19.0 Å². The van der Waals surface area contributed by atoms with Gasteiger partial charge in [0.15, 0.2) is 5.76 Å². The molecule has 1 atom stereocenters. The minimum Gasteiger partial charge on any atom is -0.434 e. The van der Waals surface area contributed by atoms with E-state index >= 15 is 0 Å². The molecular formula is C20H25NO5. The van der Waals surface area contributed by atoms with Gasteiger partial charge in [-0.1, -0.05) is 29.8 Å². The lowest BCUT2D eigenvalue weighted by Gasteiger charge is -2.11. The van der Waals surface area contributed by atoms with E-state index in [-0.39, 0.29) is 24.4 Å². The van der Waals surface area contributed by atoms with Crippen molar-refractivity contribution in [3.8, 4) is 0 Å². The molecule has 6 nitrogen and oxygen atoms in total. The Kier molecular flexibility index (Phi) is 6.58. The quantitative estimate of drug-likeness (QED) is 0.785. The highest BCUT2D eigenvalue weighted by Crippen LogP contribution is 2.33. The van der Waals surface area contributed by atoms with Gasteiger partial charge >= 0.3 is 6.16 Å². The second-order valence-corrected chi connectivity index (χ2v) is 6.16. The number of aryl methyl sites for hydroxylation is 2. The molecule has 26 heavy (non-hydrogen) atoms. The molecule has 0 aromatic heterocycles. The maximum absolute atomic E-state index is 12.6. The van der Waals surface area contributed by atoms with Crippen LogP contribution in [0.1, 0.15) is 37.0 Å². The molecule has 0 unspecified atom stereocenters. The van der Waals surface area contributed by atoms with Crippen molar-refractivity contribution in [1.29, 1.82) is 0 Å². The first-order chi connectivity index (χ1) is 12.4. The van der Waals surface area contributed by atoms with E-state index in [1.807, 2.05) is 39.0 Å². The fourth-order valence-corrected chi connectivity index (χ4v) is 2.59. The molecule has 1 amide bonds. The monoisotopic (exact) mass is 359 g/mol. The summed E-state index contributed by atoms with van der Waals surface area (Å²) in [6.45, 7) is 7.64. The fraction of sp³-hybridized carbons (Fsp3) is 0.400. The number of hydrogen-bond acceptors (Lipinski definition) is 5. The molecule has 1 aromatic rings. The van der Waals surface area contributed by atoms with Gasteiger partial charge in [-0.3, -0.25) is 4.79 Å². The molecule has 1 heterocycles. The van der Waals surface area contributed by atoms with Gasteiger partial charge in [-0.15, -0.1) is 0 Å². The van der Waals surface area contributed by atoms with Gasteiger partial charge in [0.1, 0.15) is 0 Å². The molecule has 0 spiro atoms. The highest BCUT2D eigenvalue weighted by molar-refractivity contribution is 6.24. The number of nitrogens with one attached hydrogen (secondary N) is 1. The lowest BCUT2D eigenvalue weighted by molar-refractivity contribution is -0.114. The van der Waals surface area contributed by atoms with Crippen molar-refractivity contribution >= 4 is 17.6 Å². The number of carbonyl (C=O) groups excluding carboxylic acids is 2. The summed E-state index contributed by atoms with van der Waals surface area (Å²) in [5, 5.41) is 2.79. The van der Waals surface area contributed by atoms with Crippen molar-refractivity contribution in [1.82, 2.24) is 5.32 Å². The fourth-order valence-electron chi connectivity index (χ4n) is 2.59. The van der Waals surface area contributed by atoms with Crippen LogP contribution < -0.4 is 5.32 Å². The van der Waals surface area contributed by atoms with Crippen LogP contribution in [0, 0.1) is 13.8 Å². The maximum Gasteiger partial charge on any atom is 0.513 e. The summed E-state index contributed by atoms with van der Waals surface area (Å²) in [6, 6.07) is 5.80. The number of methoxy groups -OCH3 is 1. The normalized spacial score (nSPS) is 16.7. The highest BCUT2D eigenvalue weighted by Gasteiger charge is 2.32. The molecular weight excluding hydrogens is 334 g/mol. The molecule has 1 aliphatic heterocycles. The van der Waals surface area contributed by atoms with Gasteiger partial charge in [0.25, 0.3) is 5.91 Å². The molecule has 0 aliphatic carbocycles. The molecule has 1 aliphatic rings. The molecule has 0 radical (unpaired) electrons. The molecule has 140 valence electrons. The summed E-state index contributed by atoms with van der Waals surface area (Å²) in [5.74, 6) is -0.125. The van der Waals surface area contributed by atoms with Crippen molar-refractivity contribution in [2.45, 2.75) is 40.2 Å². The van der Waals surface area contributed by atoms with Crippen LogP contribution in [0.5, 0.6) is 0 Å². The first-order valence-corrected chi connectivity index (χ1v) is 8.58. The van der Waals surface area contributed by atoms with Crippen LogP contribution >= 0.6 is 0 Å². The van der Waals surface area contributed by atoms with Crippen LogP contribution in [0.2, 0.25) is 0 Å². The molecule has 0 saturated heterocycles. The summed E-state index contributed by atoms with van der Waals surface area (Å²) in [6.07, 6.45) is 1.47. The van der Waals surface area contributed by atoms with Crippen LogP contribution in [-0.4, -0.2) is 31.9 Å². The molecule has 1 aromatic carbocycles. The molecule has 1 N–H and O–H groups in total. The van der Waals surface area contributed by atoms with E-state index in [4.69, 9.17) is 14.2 Å². The lowest BCUT2D eigenvalue weighted by atomic mass is 9.97. The number of ether oxygens (including phenoxy) is 3. The standard InChI is InChI=1S/C20H25NO5/c1-6-25-20(23)26-18-16(10-9-14(4)24-5)21-19(22)17(18)15-11-12(2)7-8-13(15)3/h7-8,10-11,14H,6,9H2,1-5H3,(H,21,22)/b16-10-/t14-/m0/s1. The molecule has 0 bridgehead atoms. The van der Waals surface area contributed by atoms with Crippen LogP contribution in [0.15, 0.2) is 35.7 Å². The Bertz CT molecular complexity index is 763. The van der Waals surface area contributed by atoms with E-state index in [0.717, 1.165) is 16.7 Å². The highest BCUT2D eigenvalue weighted by atomic mass is 16.7. The van der Waals surface area contributed by atoms with Crippen LogP contribution in [0.4, 0.5) is 4.79 Å². The van der Waals surface area contributed by atoms with Gasteiger partial charge in [0.2, 0.25) is 0 Å². The number of hydrogen-bond donors (Lipinski definition) is 1. The van der Waals surface area contributed by atoms with E-state index in [2.05, 4.69) is 5.32 Å². The Morgan fingerprint density at radius 3 is 2.69 bits per heavy atom. The third kappa shape index (κ3) is 4.52. The minimum absolute atomic E-state index is 0.0343. The van der Waals surface area contributed by atoms with Gasteiger partial charge in [0.05, 0.1) is 24.0 Å². The van der Waals surface area contributed by atoms with Gasteiger partial charge < -0.3 is 19.5 Å². The first-order valence-electron chi connectivity index (χ1n) is 8.58. The SMILES string of the molecule is CCOC(=O)OC1=C(c2cc(C)ccc2C)C(=O)N/C1=C\C[C@H](C)OC. The molecule has 0 fully saturated rings. The van der Waals surface area contributed by atoms with Gasteiger partial charge in [-0.25, -0.2) is 4.79 Å². The largest absolute Gasteiger partial charge is 0.513 e. The van der Waals surface area contributed by atoms with E-state index in [1.165, 1.54) is 0 Å². The number of rotatable bonds is 6. The Morgan fingerprint density at radius 1 is 1.31 bits per heavy atom. The third-order valence-electron chi connectivity index (χ3n) is 4.11. The Balaban J connectivity index is 2.52. The molecule has 0 saturated carbocycles. The van der Waals surface area contributed by atoms with Gasteiger partial charge in [0, 0.05) is 7.11 Å². The third-order valence-corrected chi connectivity index (χ3v) is 4.11. The average Bonchev–Trinajstić information content (AvgIpc) is 2.90. The minimum atomic E-state index is -0.840. The molecule has 2 rings (SSSR count). The van der Waals surface area contributed by atoms with Crippen molar-refractivity contribution < 1.29 is 23.8 Å². The number of amides is 1. The Morgan fingerprint density at radius 2 is 2.04 bits per heavy atom. The van der Waals surface area contributed by atoms with E-state index in [1.54, 1.807) is 20.1 Å². The zero-order valence-corrected chi connectivity index (χ0v) is 15.8. The second-order valence-electron chi connectivity index (χ2n) is 6.16. The Hall–Kier alpha value is -2.60. The zero-order valence-electron chi connectivity index (χ0n) is 15.8. The van der Waals surface area contributed by atoms with Gasteiger partial charge in [-0.2, -0.15) is 0 Å². The summed E-state index contributed by atoms with van der Waals surface area (Å²) >= 11 is 0. The van der Waals surface area contributed by atoms with E-state index < -0.39 is 6.16 Å². The van der Waals surface area contributed by atoms with Crippen molar-refractivity contribution in [3.05, 3.63) is 52.4 Å². The zero-order chi connectivity index (χ0) is 19.3. The topological polar surface area (TPSA) is 73.9 Å². The van der Waals surface area contributed by atoms with Gasteiger partial charge in [-0.05, 0) is 45.2 Å². The maximum atomic E-state index is 12.6. The number of carbonyl (C=O) groups is 2. The van der Waals surface area contributed by atoms with Crippen molar-refractivity contribution in [3.63, 3.8) is 0 Å². The second kappa shape index (κ2) is 8.67. The van der Waals surface area contributed by atoms with E-state index in [0.29, 0.717) is 17.7 Å². The van der Waals surface area contributed by atoms with Crippen molar-refractivity contribution in [2.24, 2.45) is 0 Å². The van der Waals surface area contributed by atoms with E-state index in [9.17, 15) is 9.59 Å². The lowest BCUT2D eigenvalue weighted by Crippen LogP contribution is -2.17. The van der Waals surface area contributed by atoms with Crippen LogP contribution in [0.25, 0.3) is 5.57 Å².